The Labute approximate surface area is 84.7 Å². The maximum atomic E-state index is 5.49. The van der Waals surface area contributed by atoms with Crippen molar-refractivity contribution in [3.8, 4) is 0 Å². The minimum Gasteiger partial charge on any atom is -0.330 e. The maximum Gasteiger partial charge on any atom is 0.00780 e. The topological polar surface area (TPSA) is 26.0 Å². The predicted molar refractivity (Wildman–Crippen MR) is 60.2 cm³/mol. The smallest absolute Gasteiger partial charge is 0.00780 e. The third-order valence-corrected chi connectivity index (χ3v) is 3.11. The highest BCUT2D eigenvalue weighted by Crippen LogP contribution is 2.24. The van der Waals surface area contributed by atoms with Crippen LogP contribution in [0.15, 0.2) is 29.2 Å². The summed E-state index contributed by atoms with van der Waals surface area (Å²) in [6.07, 6.45) is 1.08. The van der Waals surface area contributed by atoms with Crippen LogP contribution in [0.2, 0.25) is 0 Å². The van der Waals surface area contributed by atoms with E-state index in [9.17, 15) is 0 Å². The van der Waals surface area contributed by atoms with E-state index in [1.807, 2.05) is 11.8 Å². The second kappa shape index (κ2) is 5.30. The average molecular weight is 195 g/mol. The largest absolute Gasteiger partial charge is 0.330 e. The summed E-state index contributed by atoms with van der Waals surface area (Å²) in [6.45, 7) is 5.11. The number of rotatable bonds is 4. The van der Waals surface area contributed by atoms with Gasteiger partial charge in [-0.25, -0.2) is 0 Å². The van der Waals surface area contributed by atoms with Crippen molar-refractivity contribution in [2.45, 2.75) is 30.4 Å². The molecule has 0 aromatic heterocycles. The highest BCUT2D eigenvalue weighted by molar-refractivity contribution is 7.99. The molecule has 1 aromatic rings. The molecule has 0 saturated heterocycles. The first kappa shape index (κ1) is 10.6. The molecule has 0 aliphatic heterocycles. The standard InChI is InChI=1S/C11H17NS/c1-9-3-5-11(6-4-9)13-10(2)7-8-12/h3-6,10H,7-8,12H2,1-2H3. The molecule has 1 unspecified atom stereocenters. The fourth-order valence-corrected chi connectivity index (χ4v) is 2.15. The molecule has 0 bridgehead atoms. The van der Waals surface area contributed by atoms with E-state index in [0.29, 0.717) is 5.25 Å². The van der Waals surface area contributed by atoms with Crippen LogP contribution in [0.1, 0.15) is 18.9 Å². The van der Waals surface area contributed by atoms with Gasteiger partial charge in [0.2, 0.25) is 0 Å². The van der Waals surface area contributed by atoms with Crippen molar-refractivity contribution in [2.24, 2.45) is 5.73 Å². The number of nitrogens with two attached hydrogens (primary N) is 1. The molecule has 0 amide bonds. The molecule has 13 heavy (non-hydrogen) atoms. The van der Waals surface area contributed by atoms with Crippen LogP contribution in [-0.4, -0.2) is 11.8 Å². The van der Waals surface area contributed by atoms with Crippen LogP contribution < -0.4 is 5.73 Å². The highest BCUT2D eigenvalue weighted by Gasteiger charge is 2.02. The summed E-state index contributed by atoms with van der Waals surface area (Å²) in [5.41, 5.74) is 6.81. The van der Waals surface area contributed by atoms with Crippen LogP contribution >= 0.6 is 11.8 Å². The zero-order valence-corrected chi connectivity index (χ0v) is 9.10. The van der Waals surface area contributed by atoms with Gasteiger partial charge in [0.25, 0.3) is 0 Å². The van der Waals surface area contributed by atoms with E-state index in [1.54, 1.807) is 0 Å². The van der Waals surface area contributed by atoms with Crippen molar-refractivity contribution in [1.29, 1.82) is 0 Å². The number of benzene rings is 1. The Morgan fingerprint density at radius 2 is 1.92 bits per heavy atom. The van der Waals surface area contributed by atoms with Gasteiger partial charge in [0.15, 0.2) is 0 Å². The van der Waals surface area contributed by atoms with E-state index < -0.39 is 0 Å². The molecule has 0 radical (unpaired) electrons. The number of hydrogen-bond donors (Lipinski definition) is 1. The molecule has 72 valence electrons. The Balaban J connectivity index is 2.49. The van der Waals surface area contributed by atoms with E-state index in [2.05, 4.69) is 38.1 Å². The Bertz CT molecular complexity index is 243. The molecule has 0 spiro atoms. The summed E-state index contributed by atoms with van der Waals surface area (Å²) >= 11 is 1.90. The molecule has 1 atom stereocenters. The molecule has 1 nitrogen and oxygen atoms in total. The van der Waals surface area contributed by atoms with E-state index in [0.717, 1.165) is 13.0 Å². The van der Waals surface area contributed by atoms with E-state index in [-0.39, 0.29) is 0 Å². The van der Waals surface area contributed by atoms with Gasteiger partial charge in [0.1, 0.15) is 0 Å². The summed E-state index contributed by atoms with van der Waals surface area (Å²) in [5.74, 6) is 0. The van der Waals surface area contributed by atoms with Crippen molar-refractivity contribution < 1.29 is 0 Å². The second-order valence-corrected chi connectivity index (χ2v) is 4.83. The molecule has 0 heterocycles. The van der Waals surface area contributed by atoms with Crippen LogP contribution in [-0.2, 0) is 0 Å². The van der Waals surface area contributed by atoms with Gasteiger partial charge in [0, 0.05) is 10.1 Å². The van der Waals surface area contributed by atoms with Crippen LogP contribution in [0.5, 0.6) is 0 Å². The van der Waals surface area contributed by atoms with Gasteiger partial charge >= 0.3 is 0 Å². The Morgan fingerprint density at radius 1 is 1.31 bits per heavy atom. The summed E-state index contributed by atoms with van der Waals surface area (Å²) < 4.78 is 0. The third-order valence-electron chi connectivity index (χ3n) is 1.93. The van der Waals surface area contributed by atoms with Gasteiger partial charge in [-0.05, 0) is 32.0 Å². The summed E-state index contributed by atoms with van der Waals surface area (Å²) in [7, 11) is 0. The van der Waals surface area contributed by atoms with E-state index in [4.69, 9.17) is 5.73 Å². The number of thioether (sulfide) groups is 1. The molecule has 0 aliphatic rings. The minimum absolute atomic E-state index is 0.618. The van der Waals surface area contributed by atoms with Crippen molar-refractivity contribution in [2.75, 3.05) is 6.54 Å². The highest BCUT2D eigenvalue weighted by atomic mass is 32.2. The minimum atomic E-state index is 0.618. The van der Waals surface area contributed by atoms with E-state index >= 15 is 0 Å². The SMILES string of the molecule is Cc1ccc(SC(C)CCN)cc1. The van der Waals surface area contributed by atoms with Crippen molar-refractivity contribution in [3.05, 3.63) is 29.8 Å². The number of aryl methyl sites for hydroxylation is 1. The van der Waals surface area contributed by atoms with Crippen LogP contribution in [0.4, 0.5) is 0 Å². The lowest BCUT2D eigenvalue weighted by atomic mass is 10.2. The predicted octanol–water partition coefficient (Wildman–Crippen LogP) is 2.82. The quantitative estimate of drug-likeness (QED) is 0.748. The van der Waals surface area contributed by atoms with Gasteiger partial charge in [-0.3, -0.25) is 0 Å². The monoisotopic (exact) mass is 195 g/mol. The summed E-state index contributed by atoms with van der Waals surface area (Å²) in [5, 5.41) is 0.618. The summed E-state index contributed by atoms with van der Waals surface area (Å²) in [4.78, 5) is 1.34. The first-order valence-electron chi connectivity index (χ1n) is 4.66. The van der Waals surface area contributed by atoms with Gasteiger partial charge in [-0.15, -0.1) is 11.8 Å². The third kappa shape index (κ3) is 3.83. The van der Waals surface area contributed by atoms with Crippen molar-refractivity contribution in [3.63, 3.8) is 0 Å². The van der Waals surface area contributed by atoms with Gasteiger partial charge in [-0.1, -0.05) is 24.6 Å². The molecule has 0 fully saturated rings. The molecule has 2 heteroatoms. The van der Waals surface area contributed by atoms with E-state index in [1.165, 1.54) is 10.5 Å². The van der Waals surface area contributed by atoms with Crippen molar-refractivity contribution in [1.82, 2.24) is 0 Å². The van der Waals surface area contributed by atoms with Gasteiger partial charge < -0.3 is 5.73 Å². The molecule has 2 N–H and O–H groups in total. The normalized spacial score (nSPS) is 12.8. The molecular formula is C11H17NS. The molecule has 1 aromatic carbocycles. The van der Waals surface area contributed by atoms with Crippen LogP contribution in [0.3, 0.4) is 0 Å². The Hall–Kier alpha value is -0.470. The fourth-order valence-electron chi connectivity index (χ4n) is 1.14. The maximum absolute atomic E-state index is 5.49. The lowest BCUT2D eigenvalue weighted by Gasteiger charge is -2.09. The fraction of sp³-hybridized carbons (Fsp3) is 0.455. The molecular weight excluding hydrogens is 178 g/mol. The zero-order valence-electron chi connectivity index (χ0n) is 8.29. The van der Waals surface area contributed by atoms with Crippen molar-refractivity contribution >= 4 is 11.8 Å². The second-order valence-electron chi connectivity index (χ2n) is 3.32. The molecule has 1 rings (SSSR count). The number of hydrogen-bond acceptors (Lipinski definition) is 2. The first-order valence-corrected chi connectivity index (χ1v) is 5.53. The lowest BCUT2D eigenvalue weighted by molar-refractivity contribution is 0.823. The van der Waals surface area contributed by atoms with Crippen LogP contribution in [0, 0.1) is 6.92 Å². The Kier molecular flexibility index (Phi) is 4.33. The van der Waals surface area contributed by atoms with Gasteiger partial charge in [-0.2, -0.15) is 0 Å². The Morgan fingerprint density at radius 3 is 2.46 bits per heavy atom. The molecule has 0 aliphatic carbocycles. The van der Waals surface area contributed by atoms with Gasteiger partial charge in [0.05, 0.1) is 0 Å². The summed E-state index contributed by atoms with van der Waals surface area (Å²) in [6, 6.07) is 8.65. The first-order chi connectivity index (χ1) is 6.22. The van der Waals surface area contributed by atoms with Crippen LogP contribution in [0.25, 0.3) is 0 Å². The zero-order chi connectivity index (χ0) is 9.68. The average Bonchev–Trinajstić information content (AvgIpc) is 2.09. The lowest BCUT2D eigenvalue weighted by Crippen LogP contribution is -2.06. The molecule has 0 saturated carbocycles.